The molecule has 4 atom stereocenters. The van der Waals surface area contributed by atoms with Gasteiger partial charge in [0.25, 0.3) is 0 Å². The Bertz CT molecular complexity index is 1120. The first-order chi connectivity index (χ1) is 15.9. The van der Waals surface area contributed by atoms with Crippen LogP contribution in [-0.2, 0) is 0 Å². The van der Waals surface area contributed by atoms with Gasteiger partial charge in [-0.1, -0.05) is 12.5 Å². The number of aromatic nitrogens is 4. The Hall–Kier alpha value is -3.14. The summed E-state index contributed by atoms with van der Waals surface area (Å²) < 4.78 is 41.1. The van der Waals surface area contributed by atoms with E-state index in [4.69, 9.17) is 0 Å². The van der Waals surface area contributed by atoms with Crippen LogP contribution in [0.2, 0.25) is 0 Å². The minimum Gasteiger partial charge on any atom is -0.507 e. The van der Waals surface area contributed by atoms with Crippen molar-refractivity contribution in [3.05, 3.63) is 42.7 Å². The fraction of sp³-hybridized carbons (Fsp3) is 0.435. The molecule has 0 radical (unpaired) electrons. The van der Waals surface area contributed by atoms with Crippen molar-refractivity contribution in [2.75, 3.05) is 11.9 Å². The SMILES string of the molecule is CN(c1ccc(-c2ccc(-c3cnn(C(F)F)c3)cc2O)nn1)[C@H]1C[C@@H]2CCC[C@@H](N2)[C@H]1F. The van der Waals surface area contributed by atoms with Gasteiger partial charge in [-0.25, -0.2) is 9.07 Å². The van der Waals surface area contributed by atoms with Gasteiger partial charge in [0.15, 0.2) is 5.82 Å². The third-order valence-corrected chi connectivity index (χ3v) is 6.71. The Morgan fingerprint density at radius 3 is 2.70 bits per heavy atom. The van der Waals surface area contributed by atoms with Crippen molar-refractivity contribution in [3.63, 3.8) is 0 Å². The van der Waals surface area contributed by atoms with E-state index in [-0.39, 0.29) is 17.8 Å². The van der Waals surface area contributed by atoms with E-state index in [9.17, 15) is 13.9 Å². The Kier molecular flexibility index (Phi) is 5.69. The smallest absolute Gasteiger partial charge is 0.333 e. The van der Waals surface area contributed by atoms with Gasteiger partial charge < -0.3 is 15.3 Å². The van der Waals surface area contributed by atoms with Crippen LogP contribution in [0.4, 0.5) is 19.0 Å². The quantitative estimate of drug-likeness (QED) is 0.598. The molecule has 2 aliphatic rings. The van der Waals surface area contributed by atoms with Gasteiger partial charge in [0, 0.05) is 36.5 Å². The summed E-state index contributed by atoms with van der Waals surface area (Å²) in [6.07, 6.45) is 5.27. The lowest BCUT2D eigenvalue weighted by Gasteiger charge is -2.46. The summed E-state index contributed by atoms with van der Waals surface area (Å²) in [5.74, 6) is 0.518. The molecule has 174 valence electrons. The third-order valence-electron chi connectivity index (χ3n) is 6.71. The average Bonchev–Trinajstić information content (AvgIpc) is 3.32. The van der Waals surface area contributed by atoms with Crippen molar-refractivity contribution in [1.82, 2.24) is 25.3 Å². The molecule has 33 heavy (non-hydrogen) atoms. The first kappa shape index (κ1) is 21.7. The molecule has 2 bridgehead atoms. The number of hydrogen-bond acceptors (Lipinski definition) is 6. The van der Waals surface area contributed by atoms with Gasteiger partial charge in [-0.2, -0.15) is 13.9 Å². The maximum atomic E-state index is 15.0. The number of phenols is 1. The van der Waals surface area contributed by atoms with E-state index in [2.05, 4.69) is 20.6 Å². The van der Waals surface area contributed by atoms with Gasteiger partial charge in [-0.3, -0.25) is 0 Å². The van der Waals surface area contributed by atoms with Crippen LogP contribution in [0.15, 0.2) is 42.7 Å². The molecule has 2 aromatic heterocycles. The van der Waals surface area contributed by atoms with Crippen LogP contribution in [0.25, 0.3) is 22.4 Å². The van der Waals surface area contributed by atoms with Crippen molar-refractivity contribution < 1.29 is 18.3 Å². The number of nitrogens with one attached hydrogen (secondary N) is 1. The summed E-state index contributed by atoms with van der Waals surface area (Å²) in [6.45, 7) is -2.73. The molecule has 4 heterocycles. The van der Waals surface area contributed by atoms with Crippen molar-refractivity contribution in [1.29, 1.82) is 0 Å². The molecule has 2 saturated heterocycles. The normalized spacial score (nSPS) is 24.8. The lowest BCUT2D eigenvalue weighted by atomic mass is 9.82. The number of aromatic hydroxyl groups is 1. The zero-order valence-corrected chi connectivity index (χ0v) is 18.1. The predicted molar refractivity (Wildman–Crippen MR) is 118 cm³/mol. The highest BCUT2D eigenvalue weighted by Gasteiger charge is 2.41. The number of nitrogens with zero attached hydrogens (tertiary/aromatic N) is 5. The molecule has 1 aromatic carbocycles. The van der Waals surface area contributed by atoms with Crippen LogP contribution >= 0.6 is 0 Å². The fourth-order valence-corrected chi connectivity index (χ4v) is 4.90. The number of phenolic OH excluding ortho intramolecular Hbond substituents is 1. The van der Waals surface area contributed by atoms with Crippen LogP contribution in [-0.4, -0.2) is 56.4 Å². The van der Waals surface area contributed by atoms with Crippen molar-refractivity contribution >= 4 is 5.82 Å². The number of halogens is 3. The topological polar surface area (TPSA) is 79.1 Å². The number of piperidine rings is 2. The minimum absolute atomic E-state index is 0.0531. The number of benzene rings is 1. The first-order valence-electron chi connectivity index (χ1n) is 11.0. The van der Waals surface area contributed by atoms with Crippen molar-refractivity contribution in [3.8, 4) is 28.1 Å². The Balaban J connectivity index is 1.34. The zero-order valence-electron chi connectivity index (χ0n) is 18.1. The average molecular weight is 458 g/mol. The molecule has 2 N–H and O–H groups in total. The molecule has 0 saturated carbocycles. The second-order valence-electron chi connectivity index (χ2n) is 8.75. The number of anilines is 1. The summed E-state index contributed by atoms with van der Waals surface area (Å²) in [6, 6.07) is 8.30. The number of fused-ring (bicyclic) bond motifs is 2. The Morgan fingerprint density at radius 1 is 1.15 bits per heavy atom. The van der Waals surface area contributed by atoms with Crippen LogP contribution in [0.1, 0.15) is 32.2 Å². The van der Waals surface area contributed by atoms with Crippen LogP contribution in [0.3, 0.4) is 0 Å². The predicted octanol–water partition coefficient (Wildman–Crippen LogP) is 4.17. The maximum Gasteiger partial charge on any atom is 0.333 e. The molecule has 10 heteroatoms. The van der Waals surface area contributed by atoms with Crippen LogP contribution in [0.5, 0.6) is 5.75 Å². The molecule has 3 aromatic rings. The van der Waals surface area contributed by atoms with Gasteiger partial charge in [0.2, 0.25) is 0 Å². The number of hydrogen-bond donors (Lipinski definition) is 2. The monoisotopic (exact) mass is 458 g/mol. The van der Waals surface area contributed by atoms with E-state index < -0.39 is 12.7 Å². The number of rotatable bonds is 5. The van der Waals surface area contributed by atoms with Gasteiger partial charge in [0.1, 0.15) is 11.9 Å². The van der Waals surface area contributed by atoms with E-state index >= 15 is 4.39 Å². The zero-order chi connectivity index (χ0) is 23.1. The highest BCUT2D eigenvalue weighted by molar-refractivity contribution is 5.74. The van der Waals surface area contributed by atoms with Gasteiger partial charge in [0.05, 0.1) is 17.9 Å². The molecule has 7 nitrogen and oxygen atoms in total. The van der Waals surface area contributed by atoms with Crippen LogP contribution in [0, 0.1) is 0 Å². The second-order valence-corrected chi connectivity index (χ2v) is 8.75. The summed E-state index contributed by atoms with van der Waals surface area (Å²) in [7, 11) is 1.84. The summed E-state index contributed by atoms with van der Waals surface area (Å²) in [5, 5.41) is 26.1. The highest BCUT2D eigenvalue weighted by Crippen LogP contribution is 2.34. The molecule has 0 aliphatic carbocycles. The van der Waals surface area contributed by atoms with E-state index in [0.717, 1.165) is 25.7 Å². The lowest BCUT2D eigenvalue weighted by molar-refractivity contribution is 0.0566. The third kappa shape index (κ3) is 4.15. The van der Waals surface area contributed by atoms with E-state index in [1.807, 2.05) is 11.9 Å². The van der Waals surface area contributed by atoms with Gasteiger partial charge in [-0.15, -0.1) is 10.2 Å². The second kappa shape index (κ2) is 8.66. The van der Waals surface area contributed by atoms with E-state index in [0.29, 0.717) is 38.9 Å². The molecule has 5 rings (SSSR count). The van der Waals surface area contributed by atoms with Gasteiger partial charge in [-0.05, 0) is 49.1 Å². The summed E-state index contributed by atoms with van der Waals surface area (Å²) in [4.78, 5) is 1.86. The van der Waals surface area contributed by atoms with E-state index in [1.165, 1.54) is 18.5 Å². The molecule has 0 unspecified atom stereocenters. The van der Waals surface area contributed by atoms with Crippen molar-refractivity contribution in [2.45, 2.75) is 56.5 Å². The largest absolute Gasteiger partial charge is 0.507 e. The first-order valence-corrected chi connectivity index (χ1v) is 11.0. The Morgan fingerprint density at radius 2 is 2.00 bits per heavy atom. The van der Waals surface area contributed by atoms with Crippen LogP contribution < -0.4 is 10.2 Å². The summed E-state index contributed by atoms with van der Waals surface area (Å²) >= 11 is 0. The van der Waals surface area contributed by atoms with Gasteiger partial charge >= 0.3 is 6.55 Å². The molecular formula is C23H25F3N6O. The maximum absolute atomic E-state index is 15.0. The number of alkyl halides is 3. The molecule has 2 aliphatic heterocycles. The summed E-state index contributed by atoms with van der Waals surface area (Å²) in [5.41, 5.74) is 1.94. The fourth-order valence-electron chi connectivity index (χ4n) is 4.90. The molecule has 0 spiro atoms. The Labute approximate surface area is 189 Å². The minimum atomic E-state index is -2.73. The highest BCUT2D eigenvalue weighted by atomic mass is 19.3. The van der Waals surface area contributed by atoms with Crippen molar-refractivity contribution in [2.24, 2.45) is 0 Å². The molecular weight excluding hydrogens is 433 g/mol. The van der Waals surface area contributed by atoms with E-state index in [1.54, 1.807) is 24.3 Å². The molecule has 2 fully saturated rings. The molecule has 0 amide bonds. The standard InChI is InChI=1S/C23H25F3N6O/c1-31(19-10-15-3-2-4-18(28-15)22(19)24)21-8-7-17(29-30-21)16-6-5-13(9-20(16)33)14-11-27-32(12-14)23(25)26/h5-9,11-12,15,18-19,22-23,28,33H,2-4,10H2,1H3/t15-,18+,19-,22+/m0/s1. The lowest BCUT2D eigenvalue weighted by Crippen LogP contribution is -2.61.